The molecule has 1 aromatic carbocycles. The standard InChI is InChI=1S/C13H12FN3O3S/c1-9-7-13(20-16-9)17-21(18,19)11-5-4-10(3-2-6-15)12(14)8-11/h4-5,7-8,17H,6,15H2,1H3. The van der Waals surface area contributed by atoms with Crippen molar-refractivity contribution >= 4 is 15.9 Å². The highest BCUT2D eigenvalue weighted by Crippen LogP contribution is 2.19. The van der Waals surface area contributed by atoms with Crippen molar-refractivity contribution in [1.82, 2.24) is 5.16 Å². The van der Waals surface area contributed by atoms with E-state index in [-0.39, 0.29) is 22.9 Å². The first kappa shape index (κ1) is 15.0. The first-order valence-corrected chi connectivity index (χ1v) is 7.35. The van der Waals surface area contributed by atoms with E-state index in [1.807, 2.05) is 0 Å². The van der Waals surface area contributed by atoms with Crippen LogP contribution in [0, 0.1) is 24.6 Å². The summed E-state index contributed by atoms with van der Waals surface area (Å²) in [5.74, 6) is 4.22. The average Bonchev–Trinajstić information content (AvgIpc) is 2.82. The summed E-state index contributed by atoms with van der Waals surface area (Å²) in [6.07, 6.45) is 0. The van der Waals surface area contributed by atoms with E-state index < -0.39 is 15.8 Å². The highest BCUT2D eigenvalue weighted by Gasteiger charge is 2.18. The van der Waals surface area contributed by atoms with Crippen molar-refractivity contribution in [2.24, 2.45) is 5.73 Å². The summed E-state index contributed by atoms with van der Waals surface area (Å²) in [7, 11) is -3.96. The number of halogens is 1. The van der Waals surface area contributed by atoms with Crippen LogP contribution in [-0.4, -0.2) is 20.1 Å². The third kappa shape index (κ3) is 3.59. The lowest BCUT2D eigenvalue weighted by molar-refractivity contribution is 0.430. The highest BCUT2D eigenvalue weighted by atomic mass is 32.2. The smallest absolute Gasteiger partial charge is 0.264 e. The van der Waals surface area contributed by atoms with Crippen LogP contribution in [0.3, 0.4) is 0 Å². The number of benzene rings is 1. The predicted molar refractivity (Wildman–Crippen MR) is 74.4 cm³/mol. The SMILES string of the molecule is Cc1cc(NS(=O)(=O)c2ccc(C#CCN)c(F)c2)on1. The Kier molecular flexibility index (Phi) is 4.26. The van der Waals surface area contributed by atoms with Gasteiger partial charge in [0, 0.05) is 6.07 Å². The Morgan fingerprint density at radius 1 is 1.43 bits per heavy atom. The van der Waals surface area contributed by atoms with E-state index in [1.165, 1.54) is 18.2 Å². The third-order valence-electron chi connectivity index (χ3n) is 2.44. The van der Waals surface area contributed by atoms with Crippen molar-refractivity contribution < 1.29 is 17.3 Å². The molecule has 0 aliphatic carbocycles. The molecule has 2 aromatic rings. The molecule has 0 spiro atoms. The number of nitrogens with two attached hydrogens (primary N) is 1. The Labute approximate surface area is 121 Å². The van der Waals surface area contributed by atoms with Crippen molar-refractivity contribution in [2.45, 2.75) is 11.8 Å². The van der Waals surface area contributed by atoms with Crippen LogP contribution in [-0.2, 0) is 10.0 Å². The van der Waals surface area contributed by atoms with E-state index in [1.54, 1.807) is 6.92 Å². The largest absolute Gasteiger partial charge is 0.338 e. The average molecular weight is 309 g/mol. The van der Waals surface area contributed by atoms with Gasteiger partial charge in [-0.1, -0.05) is 17.0 Å². The third-order valence-corrected chi connectivity index (χ3v) is 3.78. The van der Waals surface area contributed by atoms with Crippen molar-refractivity contribution in [3.63, 3.8) is 0 Å². The van der Waals surface area contributed by atoms with Gasteiger partial charge in [-0.15, -0.1) is 0 Å². The Morgan fingerprint density at radius 2 is 2.19 bits per heavy atom. The molecule has 0 aliphatic heterocycles. The van der Waals surface area contributed by atoms with Crippen LogP contribution in [0.25, 0.3) is 0 Å². The van der Waals surface area contributed by atoms with Crippen molar-refractivity contribution in [1.29, 1.82) is 0 Å². The number of rotatable bonds is 3. The fourth-order valence-electron chi connectivity index (χ4n) is 1.51. The van der Waals surface area contributed by atoms with Gasteiger partial charge in [0.25, 0.3) is 10.0 Å². The van der Waals surface area contributed by atoms with Gasteiger partial charge < -0.3 is 10.3 Å². The fraction of sp³-hybridized carbons (Fsp3) is 0.154. The van der Waals surface area contributed by atoms with Crippen LogP contribution in [0.15, 0.2) is 33.7 Å². The first-order chi connectivity index (χ1) is 9.92. The minimum absolute atomic E-state index is 0.0418. The summed E-state index contributed by atoms with van der Waals surface area (Å²) >= 11 is 0. The van der Waals surface area contributed by atoms with Crippen LogP contribution in [0.4, 0.5) is 10.3 Å². The van der Waals surface area contributed by atoms with Crippen LogP contribution >= 0.6 is 0 Å². The Bertz CT molecular complexity index is 819. The number of anilines is 1. The summed E-state index contributed by atoms with van der Waals surface area (Å²) in [5, 5.41) is 3.55. The molecule has 8 heteroatoms. The minimum Gasteiger partial charge on any atom is -0.338 e. The van der Waals surface area contributed by atoms with E-state index in [2.05, 4.69) is 21.7 Å². The minimum atomic E-state index is -3.96. The zero-order valence-electron chi connectivity index (χ0n) is 11.1. The van der Waals surface area contributed by atoms with Crippen molar-refractivity contribution in [2.75, 3.05) is 11.3 Å². The Balaban J connectivity index is 2.30. The molecule has 21 heavy (non-hydrogen) atoms. The number of nitrogens with one attached hydrogen (secondary N) is 1. The van der Waals surface area contributed by atoms with Gasteiger partial charge in [0.05, 0.1) is 22.7 Å². The zero-order chi connectivity index (χ0) is 15.5. The number of aryl methyl sites for hydroxylation is 1. The molecule has 110 valence electrons. The number of hydrogen-bond donors (Lipinski definition) is 2. The monoisotopic (exact) mass is 309 g/mol. The summed E-state index contributed by atoms with van der Waals surface area (Å²) in [6.45, 7) is 1.73. The first-order valence-electron chi connectivity index (χ1n) is 5.87. The maximum atomic E-state index is 13.8. The van der Waals surface area contributed by atoms with E-state index >= 15 is 0 Å². The number of hydrogen-bond acceptors (Lipinski definition) is 5. The molecular weight excluding hydrogens is 297 g/mol. The number of nitrogens with zero attached hydrogens (tertiary/aromatic N) is 1. The van der Waals surface area contributed by atoms with Gasteiger partial charge >= 0.3 is 0 Å². The van der Waals surface area contributed by atoms with Gasteiger partial charge in [-0.25, -0.2) is 17.5 Å². The highest BCUT2D eigenvalue weighted by molar-refractivity contribution is 7.92. The molecule has 6 nitrogen and oxygen atoms in total. The Morgan fingerprint density at radius 3 is 2.76 bits per heavy atom. The summed E-state index contributed by atoms with van der Waals surface area (Å²) in [5.41, 5.74) is 5.79. The molecule has 0 saturated carbocycles. The lowest BCUT2D eigenvalue weighted by Crippen LogP contribution is -2.12. The van der Waals surface area contributed by atoms with Crippen LogP contribution in [0.1, 0.15) is 11.3 Å². The summed E-state index contributed by atoms with van der Waals surface area (Å²) in [6, 6.07) is 4.81. The summed E-state index contributed by atoms with van der Waals surface area (Å²) < 4.78 is 44.8. The van der Waals surface area contributed by atoms with Crippen molar-refractivity contribution in [3.05, 3.63) is 41.3 Å². The van der Waals surface area contributed by atoms with E-state index in [0.717, 1.165) is 6.07 Å². The number of aromatic nitrogens is 1. The van der Waals surface area contributed by atoms with E-state index in [0.29, 0.717) is 5.69 Å². The zero-order valence-corrected chi connectivity index (χ0v) is 11.9. The molecule has 3 N–H and O–H groups in total. The molecule has 0 fully saturated rings. The van der Waals surface area contributed by atoms with E-state index in [4.69, 9.17) is 10.3 Å². The van der Waals surface area contributed by atoms with Crippen LogP contribution < -0.4 is 10.5 Å². The molecule has 0 amide bonds. The van der Waals surface area contributed by atoms with Crippen molar-refractivity contribution in [3.8, 4) is 11.8 Å². The predicted octanol–water partition coefficient (Wildman–Crippen LogP) is 1.23. The second kappa shape index (κ2) is 5.95. The number of sulfonamides is 1. The van der Waals surface area contributed by atoms with Gasteiger partial charge in [-0.2, -0.15) is 0 Å². The van der Waals surface area contributed by atoms with Gasteiger partial charge in [0.2, 0.25) is 5.88 Å². The van der Waals surface area contributed by atoms with Gasteiger partial charge in [-0.05, 0) is 25.1 Å². The molecule has 1 heterocycles. The van der Waals surface area contributed by atoms with Gasteiger partial charge in [0.1, 0.15) is 5.82 Å². The lowest BCUT2D eigenvalue weighted by atomic mass is 10.2. The maximum Gasteiger partial charge on any atom is 0.264 e. The Hall–Kier alpha value is -2.37. The molecule has 0 radical (unpaired) electrons. The summed E-state index contributed by atoms with van der Waals surface area (Å²) in [4.78, 5) is -0.243. The molecule has 0 bridgehead atoms. The van der Waals surface area contributed by atoms with Crippen LogP contribution in [0.2, 0.25) is 0 Å². The van der Waals surface area contributed by atoms with E-state index in [9.17, 15) is 12.8 Å². The molecule has 0 unspecified atom stereocenters. The van der Waals surface area contributed by atoms with Crippen LogP contribution in [0.5, 0.6) is 0 Å². The second-order valence-electron chi connectivity index (χ2n) is 4.09. The molecule has 0 aliphatic rings. The topological polar surface area (TPSA) is 98.2 Å². The normalized spacial score (nSPS) is 10.8. The molecule has 2 rings (SSSR count). The molecular formula is C13H12FN3O3S. The molecule has 0 atom stereocenters. The van der Waals surface area contributed by atoms with Gasteiger partial charge in [0.15, 0.2) is 0 Å². The van der Waals surface area contributed by atoms with Gasteiger partial charge in [-0.3, -0.25) is 0 Å². The fourth-order valence-corrected chi connectivity index (χ4v) is 2.50. The molecule has 0 saturated heterocycles. The maximum absolute atomic E-state index is 13.8. The quantitative estimate of drug-likeness (QED) is 0.831. The lowest BCUT2D eigenvalue weighted by Gasteiger charge is -2.05. The second-order valence-corrected chi connectivity index (χ2v) is 5.77. The molecule has 1 aromatic heterocycles.